The Morgan fingerprint density at radius 3 is 2.77 bits per heavy atom. The standard InChI is InChI=1S/C21H21F2N5O2S/c22-13-3-1-4-14(23)17(13)21-28-18(19(24)31-21)20(29)27-15-11-25-9-7-16(15)30-10-2-8-26-12-5-6-12/h1,3-4,7,9,11-12,26H,2,5-6,8,10,24H2,(H,27,29). The molecule has 2 aromatic heterocycles. The van der Waals surface area contributed by atoms with E-state index in [0.717, 1.165) is 36.4 Å². The Morgan fingerprint density at radius 2 is 2.03 bits per heavy atom. The second-order valence-electron chi connectivity index (χ2n) is 7.08. The summed E-state index contributed by atoms with van der Waals surface area (Å²) in [6, 6.07) is 5.78. The van der Waals surface area contributed by atoms with Crippen molar-refractivity contribution >= 4 is 27.9 Å². The summed E-state index contributed by atoms with van der Waals surface area (Å²) in [5.41, 5.74) is 5.83. The fourth-order valence-electron chi connectivity index (χ4n) is 2.93. The van der Waals surface area contributed by atoms with E-state index in [1.807, 2.05) is 0 Å². The highest BCUT2D eigenvalue weighted by atomic mass is 32.1. The van der Waals surface area contributed by atoms with Gasteiger partial charge in [0.1, 0.15) is 33.1 Å². The molecule has 0 spiro atoms. The van der Waals surface area contributed by atoms with Gasteiger partial charge in [-0.15, -0.1) is 0 Å². The third-order valence-corrected chi connectivity index (χ3v) is 5.57. The SMILES string of the molecule is Nc1sc(-c2c(F)cccc2F)nc1C(=O)Nc1cnccc1OCCCNC1CC1. The molecule has 1 amide bonds. The normalized spacial score (nSPS) is 13.2. The minimum absolute atomic E-state index is 0.0101. The minimum atomic E-state index is -0.778. The summed E-state index contributed by atoms with van der Waals surface area (Å²) in [7, 11) is 0. The predicted molar refractivity (Wildman–Crippen MR) is 115 cm³/mol. The second kappa shape index (κ2) is 9.36. The van der Waals surface area contributed by atoms with Crippen LogP contribution in [0.4, 0.5) is 19.5 Å². The van der Waals surface area contributed by atoms with Gasteiger partial charge in [0.25, 0.3) is 5.91 Å². The molecule has 1 saturated carbocycles. The number of ether oxygens (including phenoxy) is 1. The molecule has 31 heavy (non-hydrogen) atoms. The largest absolute Gasteiger partial charge is 0.491 e. The first-order chi connectivity index (χ1) is 15.0. The number of halogens is 2. The van der Waals surface area contributed by atoms with E-state index in [1.165, 1.54) is 25.1 Å². The maximum Gasteiger partial charge on any atom is 0.277 e. The van der Waals surface area contributed by atoms with Crippen molar-refractivity contribution < 1.29 is 18.3 Å². The molecule has 0 bridgehead atoms. The van der Waals surface area contributed by atoms with E-state index in [1.54, 1.807) is 12.3 Å². The molecule has 1 aliphatic rings. The molecule has 0 unspecified atom stereocenters. The molecule has 10 heteroatoms. The quantitative estimate of drug-likeness (QED) is 0.433. The van der Waals surface area contributed by atoms with Crippen molar-refractivity contribution in [2.24, 2.45) is 0 Å². The van der Waals surface area contributed by atoms with Crippen LogP contribution in [-0.2, 0) is 0 Å². The first-order valence-corrected chi connectivity index (χ1v) is 10.7. The van der Waals surface area contributed by atoms with E-state index in [0.29, 0.717) is 24.1 Å². The summed E-state index contributed by atoms with van der Waals surface area (Å²) in [5.74, 6) is -1.71. The molecule has 7 nitrogen and oxygen atoms in total. The number of hydrogen-bond acceptors (Lipinski definition) is 7. The van der Waals surface area contributed by atoms with Crippen molar-refractivity contribution in [1.82, 2.24) is 15.3 Å². The molecular formula is C21H21F2N5O2S. The number of rotatable bonds is 9. The van der Waals surface area contributed by atoms with Crippen LogP contribution in [0, 0.1) is 11.6 Å². The summed E-state index contributed by atoms with van der Waals surface area (Å²) in [4.78, 5) is 20.8. The van der Waals surface area contributed by atoms with Gasteiger partial charge in [0.15, 0.2) is 5.69 Å². The number of nitrogen functional groups attached to an aromatic ring is 1. The third-order valence-electron chi connectivity index (χ3n) is 4.66. The Kier molecular flexibility index (Phi) is 6.38. The zero-order valence-electron chi connectivity index (χ0n) is 16.5. The van der Waals surface area contributed by atoms with Crippen LogP contribution >= 0.6 is 11.3 Å². The number of aromatic nitrogens is 2. The number of nitrogens with one attached hydrogen (secondary N) is 2. The van der Waals surface area contributed by atoms with Crippen LogP contribution in [0.5, 0.6) is 5.75 Å². The van der Waals surface area contributed by atoms with E-state index in [4.69, 9.17) is 10.5 Å². The summed E-state index contributed by atoms with van der Waals surface area (Å²) >= 11 is 0.838. The Morgan fingerprint density at radius 1 is 1.26 bits per heavy atom. The van der Waals surface area contributed by atoms with Gasteiger partial charge >= 0.3 is 0 Å². The van der Waals surface area contributed by atoms with Crippen molar-refractivity contribution in [2.45, 2.75) is 25.3 Å². The first-order valence-electron chi connectivity index (χ1n) is 9.85. The summed E-state index contributed by atoms with van der Waals surface area (Å²) < 4.78 is 33.9. The van der Waals surface area contributed by atoms with Crippen LogP contribution in [0.15, 0.2) is 36.7 Å². The molecular weight excluding hydrogens is 424 g/mol. The average Bonchev–Trinajstić information content (AvgIpc) is 3.49. The Labute approximate surface area is 181 Å². The highest BCUT2D eigenvalue weighted by Crippen LogP contribution is 2.34. The van der Waals surface area contributed by atoms with Crippen LogP contribution in [-0.4, -0.2) is 35.1 Å². The van der Waals surface area contributed by atoms with E-state index in [-0.39, 0.29) is 21.3 Å². The lowest BCUT2D eigenvalue weighted by molar-refractivity contribution is 0.102. The number of hydrogen-bond donors (Lipinski definition) is 3. The molecule has 1 aliphatic carbocycles. The Bertz CT molecular complexity index is 1070. The lowest BCUT2D eigenvalue weighted by Crippen LogP contribution is -2.19. The zero-order valence-corrected chi connectivity index (χ0v) is 17.3. The van der Waals surface area contributed by atoms with Gasteiger partial charge in [0.05, 0.1) is 18.4 Å². The molecule has 1 fully saturated rings. The Hall–Kier alpha value is -3.11. The number of carbonyl (C=O) groups is 1. The number of pyridine rings is 1. The smallest absolute Gasteiger partial charge is 0.277 e. The van der Waals surface area contributed by atoms with Gasteiger partial charge < -0.3 is 21.1 Å². The van der Waals surface area contributed by atoms with Crippen LogP contribution in [0.3, 0.4) is 0 Å². The number of amides is 1. The zero-order chi connectivity index (χ0) is 21.8. The third kappa shape index (κ3) is 5.15. The number of nitrogens with zero attached hydrogens (tertiary/aromatic N) is 2. The average molecular weight is 445 g/mol. The molecule has 0 atom stereocenters. The van der Waals surface area contributed by atoms with Crippen LogP contribution in [0.2, 0.25) is 0 Å². The fraction of sp³-hybridized carbons (Fsp3) is 0.286. The molecule has 0 radical (unpaired) electrons. The summed E-state index contributed by atoms with van der Waals surface area (Å²) in [6.07, 6.45) is 6.29. The van der Waals surface area contributed by atoms with Crippen molar-refractivity contribution in [3.8, 4) is 16.3 Å². The van der Waals surface area contributed by atoms with Gasteiger partial charge in [-0.25, -0.2) is 13.8 Å². The molecule has 162 valence electrons. The molecule has 0 saturated heterocycles. The maximum absolute atomic E-state index is 14.1. The van der Waals surface area contributed by atoms with Crippen molar-refractivity contribution in [3.63, 3.8) is 0 Å². The van der Waals surface area contributed by atoms with E-state index in [9.17, 15) is 13.6 Å². The van der Waals surface area contributed by atoms with Crippen molar-refractivity contribution in [2.75, 3.05) is 24.2 Å². The highest BCUT2D eigenvalue weighted by molar-refractivity contribution is 7.19. The molecule has 4 N–H and O–H groups in total. The highest BCUT2D eigenvalue weighted by Gasteiger charge is 2.22. The minimum Gasteiger partial charge on any atom is -0.491 e. The molecule has 2 heterocycles. The lowest BCUT2D eigenvalue weighted by atomic mass is 10.2. The topological polar surface area (TPSA) is 102 Å². The first kappa shape index (κ1) is 21.1. The number of carbonyl (C=O) groups excluding carboxylic acids is 1. The van der Waals surface area contributed by atoms with Crippen LogP contribution in [0.1, 0.15) is 29.8 Å². The predicted octanol–water partition coefficient (Wildman–Crippen LogP) is 3.84. The number of nitrogens with two attached hydrogens (primary N) is 1. The van der Waals surface area contributed by atoms with Gasteiger partial charge in [0, 0.05) is 18.3 Å². The maximum atomic E-state index is 14.1. The summed E-state index contributed by atoms with van der Waals surface area (Å²) in [5, 5.41) is 6.11. The Balaban J connectivity index is 1.44. The van der Waals surface area contributed by atoms with Gasteiger partial charge in [0.2, 0.25) is 0 Å². The lowest BCUT2D eigenvalue weighted by Gasteiger charge is -2.12. The monoisotopic (exact) mass is 445 g/mol. The molecule has 3 aromatic rings. The van der Waals surface area contributed by atoms with Crippen molar-refractivity contribution in [3.05, 3.63) is 54.0 Å². The van der Waals surface area contributed by atoms with Gasteiger partial charge in [-0.2, -0.15) is 0 Å². The molecule has 1 aromatic carbocycles. The van der Waals surface area contributed by atoms with Crippen molar-refractivity contribution in [1.29, 1.82) is 0 Å². The number of anilines is 2. The number of benzene rings is 1. The number of thiazole rings is 1. The van der Waals surface area contributed by atoms with E-state index in [2.05, 4.69) is 20.6 Å². The van der Waals surface area contributed by atoms with Crippen LogP contribution < -0.4 is 21.1 Å². The fourth-order valence-corrected chi connectivity index (χ4v) is 3.81. The van der Waals surface area contributed by atoms with E-state index >= 15 is 0 Å². The van der Waals surface area contributed by atoms with Gasteiger partial charge in [-0.1, -0.05) is 17.4 Å². The second-order valence-corrected chi connectivity index (χ2v) is 8.12. The summed E-state index contributed by atoms with van der Waals surface area (Å²) in [6.45, 7) is 1.34. The molecule has 4 rings (SSSR count). The van der Waals surface area contributed by atoms with Gasteiger partial charge in [-0.05, 0) is 37.9 Å². The van der Waals surface area contributed by atoms with E-state index < -0.39 is 17.5 Å². The van der Waals surface area contributed by atoms with Gasteiger partial charge in [-0.3, -0.25) is 9.78 Å². The van der Waals surface area contributed by atoms with Crippen LogP contribution in [0.25, 0.3) is 10.6 Å². The molecule has 0 aliphatic heterocycles.